The quantitative estimate of drug-likeness (QED) is 0.387. The molecule has 0 fully saturated rings. The second kappa shape index (κ2) is 9.25. The van der Waals surface area contributed by atoms with Crippen LogP contribution in [0.2, 0.25) is 0 Å². The minimum atomic E-state index is -0.913. The average molecular weight is 278 g/mol. The van der Waals surface area contributed by atoms with E-state index in [2.05, 4.69) is 43.6 Å². The van der Waals surface area contributed by atoms with E-state index < -0.39 is 11.8 Å². The molecule has 0 rings (SSSR count). The van der Waals surface area contributed by atoms with E-state index in [0.29, 0.717) is 6.42 Å². The van der Waals surface area contributed by atoms with E-state index in [-0.39, 0.29) is 0 Å². The van der Waals surface area contributed by atoms with E-state index in [4.69, 9.17) is 11.2 Å². The summed E-state index contributed by atoms with van der Waals surface area (Å²) in [4.78, 5) is 11.1. The van der Waals surface area contributed by atoms with Gasteiger partial charge in [-0.05, 0) is 47.0 Å². The van der Waals surface area contributed by atoms with Crippen LogP contribution in [0.5, 0.6) is 0 Å². The van der Waals surface area contributed by atoms with Crippen LogP contribution in [0.1, 0.15) is 53.4 Å². The Morgan fingerprint density at radius 2 is 1.90 bits per heavy atom. The van der Waals surface area contributed by atoms with Crippen LogP contribution in [0.4, 0.5) is 4.79 Å². The van der Waals surface area contributed by atoms with Crippen molar-refractivity contribution in [1.29, 1.82) is 0 Å². The number of terminal acetylenes is 1. The Bertz CT molecular complexity index is 408. The molecule has 0 bridgehead atoms. The van der Waals surface area contributed by atoms with Gasteiger partial charge < -0.3 is 9.47 Å². The van der Waals surface area contributed by atoms with Crippen LogP contribution >= 0.6 is 0 Å². The number of carbonyl (C=O) groups is 1. The number of methoxy groups -OCH3 is 1. The highest BCUT2D eigenvalue weighted by atomic mass is 16.7. The molecule has 0 amide bonds. The lowest BCUT2D eigenvalue weighted by Crippen LogP contribution is -2.29. The van der Waals surface area contributed by atoms with E-state index >= 15 is 0 Å². The molecule has 0 aromatic rings. The summed E-state index contributed by atoms with van der Waals surface area (Å²) >= 11 is 0. The van der Waals surface area contributed by atoms with Gasteiger partial charge in [0.15, 0.2) is 5.60 Å². The Balaban J connectivity index is 4.27. The molecule has 3 heteroatoms. The molecule has 1 atom stereocenters. The molecule has 0 aliphatic carbocycles. The summed E-state index contributed by atoms with van der Waals surface area (Å²) in [6.45, 7) is 8.02. The van der Waals surface area contributed by atoms with Gasteiger partial charge in [-0.3, -0.25) is 0 Å². The van der Waals surface area contributed by atoms with Gasteiger partial charge in [0.05, 0.1) is 7.11 Å². The molecule has 3 nitrogen and oxygen atoms in total. The molecule has 1 unspecified atom stereocenters. The summed E-state index contributed by atoms with van der Waals surface area (Å²) in [6.07, 6.45) is 12.5. The first-order valence-electron chi connectivity index (χ1n) is 6.86. The standard InChI is InChI=1S/C17H26O3/c1-7-17(5,20-16(18)19-6)13-9-12-15(4)11-8-10-14(2)3/h1,10,12H,8-9,11,13H2,2-6H3/b15-12+. The zero-order valence-corrected chi connectivity index (χ0v) is 13.3. The van der Waals surface area contributed by atoms with Crippen molar-refractivity contribution < 1.29 is 14.3 Å². The number of allylic oxidation sites excluding steroid dienone is 4. The van der Waals surface area contributed by atoms with Crippen LogP contribution in [0.25, 0.3) is 0 Å². The fraction of sp³-hybridized carbons (Fsp3) is 0.588. The number of carbonyl (C=O) groups excluding carboxylic acids is 1. The lowest BCUT2D eigenvalue weighted by molar-refractivity contribution is 0.0102. The van der Waals surface area contributed by atoms with Crippen molar-refractivity contribution in [3.63, 3.8) is 0 Å². The van der Waals surface area contributed by atoms with Crippen molar-refractivity contribution >= 4 is 6.16 Å². The minimum Gasteiger partial charge on any atom is -0.438 e. The minimum absolute atomic E-state index is 0.582. The van der Waals surface area contributed by atoms with Crippen molar-refractivity contribution in [3.05, 3.63) is 23.3 Å². The SMILES string of the molecule is C#CC(C)(CC/C=C(\C)CCC=C(C)C)OC(=O)OC. The summed E-state index contributed by atoms with van der Waals surface area (Å²) in [5, 5.41) is 0. The second-order valence-corrected chi connectivity index (χ2v) is 5.34. The lowest BCUT2D eigenvalue weighted by atomic mass is 9.99. The highest BCUT2D eigenvalue weighted by molar-refractivity contribution is 5.60. The van der Waals surface area contributed by atoms with Gasteiger partial charge in [0, 0.05) is 6.42 Å². The topological polar surface area (TPSA) is 35.5 Å². The monoisotopic (exact) mass is 278 g/mol. The summed E-state index contributed by atoms with van der Waals surface area (Å²) < 4.78 is 9.57. The average Bonchev–Trinajstić information content (AvgIpc) is 2.38. The molecule has 0 aromatic carbocycles. The molecule has 0 radical (unpaired) electrons. The number of ether oxygens (including phenoxy) is 2. The highest BCUT2D eigenvalue weighted by Crippen LogP contribution is 2.19. The van der Waals surface area contributed by atoms with Gasteiger partial charge in [0.1, 0.15) is 0 Å². The number of hydrogen-bond acceptors (Lipinski definition) is 3. The first-order chi connectivity index (χ1) is 9.33. The molecule has 0 aromatic heterocycles. The van der Waals surface area contributed by atoms with Gasteiger partial charge in [-0.2, -0.15) is 0 Å². The van der Waals surface area contributed by atoms with Crippen LogP contribution in [-0.2, 0) is 9.47 Å². The Morgan fingerprint density at radius 1 is 1.25 bits per heavy atom. The number of rotatable bonds is 7. The first kappa shape index (κ1) is 18.3. The Morgan fingerprint density at radius 3 is 2.40 bits per heavy atom. The van der Waals surface area contributed by atoms with E-state index in [1.807, 2.05) is 0 Å². The van der Waals surface area contributed by atoms with Crippen LogP contribution < -0.4 is 0 Å². The van der Waals surface area contributed by atoms with Gasteiger partial charge in [0.2, 0.25) is 0 Å². The Hall–Kier alpha value is -1.69. The molecule has 0 aliphatic heterocycles. The smallest absolute Gasteiger partial charge is 0.438 e. The normalized spacial score (nSPS) is 13.9. The fourth-order valence-corrected chi connectivity index (χ4v) is 1.66. The van der Waals surface area contributed by atoms with E-state index in [1.165, 1.54) is 18.3 Å². The third-order valence-electron chi connectivity index (χ3n) is 2.99. The first-order valence-corrected chi connectivity index (χ1v) is 6.86. The van der Waals surface area contributed by atoms with Crippen molar-refractivity contribution in [1.82, 2.24) is 0 Å². The van der Waals surface area contributed by atoms with Crippen molar-refractivity contribution in [3.8, 4) is 12.3 Å². The Labute approximate surface area is 123 Å². The fourth-order valence-electron chi connectivity index (χ4n) is 1.66. The zero-order valence-electron chi connectivity index (χ0n) is 13.3. The largest absolute Gasteiger partial charge is 0.509 e. The van der Waals surface area contributed by atoms with Crippen molar-refractivity contribution in [2.75, 3.05) is 7.11 Å². The van der Waals surface area contributed by atoms with Gasteiger partial charge in [0.25, 0.3) is 0 Å². The lowest BCUT2D eigenvalue weighted by Gasteiger charge is -2.22. The van der Waals surface area contributed by atoms with E-state index in [0.717, 1.165) is 19.3 Å². The van der Waals surface area contributed by atoms with Crippen LogP contribution in [-0.4, -0.2) is 18.9 Å². The predicted molar refractivity (Wildman–Crippen MR) is 82.4 cm³/mol. The third-order valence-corrected chi connectivity index (χ3v) is 2.99. The van der Waals surface area contributed by atoms with Gasteiger partial charge in [-0.25, -0.2) is 4.79 Å². The summed E-state index contributed by atoms with van der Waals surface area (Å²) in [5.74, 6) is 2.51. The highest BCUT2D eigenvalue weighted by Gasteiger charge is 2.25. The Kier molecular flexibility index (Phi) is 8.47. The third kappa shape index (κ3) is 8.42. The molecule has 0 N–H and O–H groups in total. The molecule has 0 spiro atoms. The maximum atomic E-state index is 11.1. The summed E-state index contributed by atoms with van der Waals surface area (Å²) in [7, 11) is 1.27. The molecular weight excluding hydrogens is 252 g/mol. The molecule has 20 heavy (non-hydrogen) atoms. The summed E-state index contributed by atoms with van der Waals surface area (Å²) in [6, 6.07) is 0. The molecule has 0 aliphatic rings. The maximum Gasteiger partial charge on any atom is 0.509 e. The molecule has 0 heterocycles. The van der Waals surface area contributed by atoms with Gasteiger partial charge in [-0.15, -0.1) is 6.42 Å². The second-order valence-electron chi connectivity index (χ2n) is 5.34. The van der Waals surface area contributed by atoms with Crippen molar-refractivity contribution in [2.24, 2.45) is 0 Å². The van der Waals surface area contributed by atoms with Crippen molar-refractivity contribution in [2.45, 2.75) is 59.0 Å². The molecule has 0 saturated heterocycles. The van der Waals surface area contributed by atoms with Crippen LogP contribution in [0.3, 0.4) is 0 Å². The molecule has 0 saturated carbocycles. The van der Waals surface area contributed by atoms with Gasteiger partial charge in [-0.1, -0.05) is 29.2 Å². The predicted octanol–water partition coefficient (Wildman–Crippen LogP) is 4.63. The van der Waals surface area contributed by atoms with Crippen LogP contribution in [0, 0.1) is 12.3 Å². The van der Waals surface area contributed by atoms with E-state index in [9.17, 15) is 4.79 Å². The van der Waals surface area contributed by atoms with E-state index in [1.54, 1.807) is 6.92 Å². The summed E-state index contributed by atoms with van der Waals surface area (Å²) in [5.41, 5.74) is 1.74. The van der Waals surface area contributed by atoms with Gasteiger partial charge >= 0.3 is 6.16 Å². The molecule has 112 valence electrons. The maximum absolute atomic E-state index is 11.1. The number of hydrogen-bond donors (Lipinski definition) is 0. The zero-order chi connectivity index (χ0) is 15.6. The molecular formula is C17H26O3. The van der Waals surface area contributed by atoms with Crippen LogP contribution in [0.15, 0.2) is 23.3 Å².